The second kappa shape index (κ2) is 17.8. The van der Waals surface area contributed by atoms with Crippen LogP contribution in [0.25, 0.3) is 0 Å². The van der Waals surface area contributed by atoms with E-state index >= 15 is 0 Å². The fraction of sp³-hybridized carbons (Fsp3) is 0.625. The van der Waals surface area contributed by atoms with Crippen molar-refractivity contribution in [3.05, 3.63) is 28.2 Å². The smallest absolute Gasteiger partial charge is 0.259 e. The summed E-state index contributed by atoms with van der Waals surface area (Å²) < 4.78 is 6.13. The number of carbonyl (C=O) groups is 2. The zero-order chi connectivity index (χ0) is 22.7. The molecule has 0 heterocycles. The van der Waals surface area contributed by atoms with Crippen molar-refractivity contribution in [3.8, 4) is 5.75 Å². The lowest BCUT2D eigenvalue weighted by Crippen LogP contribution is -2.34. The van der Waals surface area contributed by atoms with Gasteiger partial charge in [-0.05, 0) is 24.6 Å². The minimum atomic E-state index is -0.363. The molecule has 0 saturated heterocycles. The first-order valence-electron chi connectivity index (χ1n) is 11.5. The number of unbranched alkanes of at least 4 members (excludes halogenated alkanes) is 10. The van der Waals surface area contributed by atoms with Crippen LogP contribution in [0.1, 0.15) is 89.5 Å². The van der Waals surface area contributed by atoms with Crippen molar-refractivity contribution in [2.24, 2.45) is 5.10 Å². The summed E-state index contributed by atoms with van der Waals surface area (Å²) in [6.07, 6.45) is 15.7. The molecule has 0 aliphatic carbocycles. The second-order valence-corrected chi connectivity index (χ2v) is 8.66. The maximum Gasteiger partial charge on any atom is 0.259 e. The third kappa shape index (κ3) is 13.9. The number of halogens is 1. The van der Waals surface area contributed by atoms with E-state index < -0.39 is 0 Å². The van der Waals surface area contributed by atoms with Crippen molar-refractivity contribution in [1.29, 1.82) is 0 Å². The molecular weight excluding hydrogens is 458 g/mol. The normalized spacial score (nSPS) is 10.9. The molecule has 6 nitrogen and oxygen atoms in total. The molecule has 0 saturated carbocycles. The van der Waals surface area contributed by atoms with Gasteiger partial charge in [-0.3, -0.25) is 9.59 Å². The van der Waals surface area contributed by atoms with Gasteiger partial charge >= 0.3 is 0 Å². The number of amides is 2. The quantitative estimate of drug-likeness (QED) is 0.164. The summed E-state index contributed by atoms with van der Waals surface area (Å²) in [6, 6.07) is 5.51. The van der Waals surface area contributed by atoms with Crippen molar-refractivity contribution in [1.82, 2.24) is 10.7 Å². The van der Waals surface area contributed by atoms with Crippen LogP contribution in [0.2, 0.25) is 0 Å². The lowest BCUT2D eigenvalue weighted by Gasteiger charge is -2.06. The van der Waals surface area contributed by atoms with Crippen LogP contribution < -0.4 is 15.5 Å². The molecule has 0 radical (unpaired) electrons. The van der Waals surface area contributed by atoms with Gasteiger partial charge < -0.3 is 10.1 Å². The second-order valence-electron chi connectivity index (χ2n) is 7.74. The van der Waals surface area contributed by atoms with Crippen LogP contribution in [0.5, 0.6) is 5.75 Å². The van der Waals surface area contributed by atoms with Crippen molar-refractivity contribution in [2.75, 3.05) is 13.7 Å². The minimum absolute atomic E-state index is 0.0795. The van der Waals surface area contributed by atoms with Crippen LogP contribution in [0.15, 0.2) is 27.8 Å². The van der Waals surface area contributed by atoms with E-state index in [9.17, 15) is 9.59 Å². The van der Waals surface area contributed by atoms with E-state index in [-0.39, 0.29) is 18.4 Å². The number of nitrogens with one attached hydrogen (secondary N) is 2. The van der Waals surface area contributed by atoms with Crippen molar-refractivity contribution >= 4 is 34.0 Å². The molecule has 0 bridgehead atoms. The molecule has 2 amide bonds. The van der Waals surface area contributed by atoms with Gasteiger partial charge in [0.25, 0.3) is 5.91 Å². The number of nitrogens with zero attached hydrogens (tertiary/aromatic N) is 1. The lowest BCUT2D eigenvalue weighted by atomic mass is 10.1. The average Bonchev–Trinajstić information content (AvgIpc) is 2.76. The molecule has 174 valence electrons. The Morgan fingerprint density at radius 3 is 2.19 bits per heavy atom. The van der Waals surface area contributed by atoms with Gasteiger partial charge in [-0.25, -0.2) is 5.43 Å². The lowest BCUT2D eigenvalue weighted by molar-refractivity contribution is -0.126. The van der Waals surface area contributed by atoms with E-state index in [1.54, 1.807) is 7.11 Å². The Bertz CT molecular complexity index is 680. The van der Waals surface area contributed by atoms with E-state index in [1.165, 1.54) is 64.0 Å². The standard InChI is InChI=1S/C24H38BrN3O3/c1-3-4-5-6-7-8-9-10-11-12-13-14-23(29)26-19-24(30)28-27-18-20-17-21(25)15-16-22(20)31-2/h15-18H,3-14,19H2,1-2H3,(H,26,29)(H,28,30). The molecule has 0 unspecified atom stereocenters. The number of rotatable bonds is 17. The third-order valence-corrected chi connectivity index (χ3v) is 5.53. The van der Waals surface area contributed by atoms with Crippen LogP contribution in [0, 0.1) is 0 Å². The first-order chi connectivity index (χ1) is 15.1. The van der Waals surface area contributed by atoms with E-state index in [0.717, 1.165) is 22.9 Å². The van der Waals surface area contributed by atoms with Gasteiger partial charge in [0.05, 0.1) is 19.9 Å². The maximum atomic E-state index is 11.9. The fourth-order valence-corrected chi connectivity index (χ4v) is 3.62. The summed E-state index contributed by atoms with van der Waals surface area (Å²) in [4.78, 5) is 23.7. The first-order valence-corrected chi connectivity index (χ1v) is 12.3. The van der Waals surface area contributed by atoms with Gasteiger partial charge in [0.2, 0.25) is 5.91 Å². The number of carbonyl (C=O) groups excluding carboxylic acids is 2. The Hall–Kier alpha value is -1.89. The largest absolute Gasteiger partial charge is 0.496 e. The van der Waals surface area contributed by atoms with Crippen LogP contribution >= 0.6 is 15.9 Å². The van der Waals surface area contributed by atoms with Crippen molar-refractivity contribution in [3.63, 3.8) is 0 Å². The van der Waals surface area contributed by atoms with E-state index in [2.05, 4.69) is 38.7 Å². The van der Waals surface area contributed by atoms with E-state index in [4.69, 9.17) is 4.74 Å². The number of hydrazone groups is 1. The molecule has 0 aliphatic rings. The molecule has 0 spiro atoms. The molecule has 0 fully saturated rings. The topological polar surface area (TPSA) is 79.8 Å². The summed E-state index contributed by atoms with van der Waals surface area (Å²) in [5.41, 5.74) is 3.15. The Kier molecular flexibility index (Phi) is 15.5. The number of ether oxygens (including phenoxy) is 1. The predicted octanol–water partition coefficient (Wildman–Crippen LogP) is 5.73. The minimum Gasteiger partial charge on any atom is -0.496 e. The highest BCUT2D eigenvalue weighted by atomic mass is 79.9. The molecular formula is C24H38BrN3O3. The third-order valence-electron chi connectivity index (χ3n) is 5.04. The number of hydrogen-bond acceptors (Lipinski definition) is 4. The Morgan fingerprint density at radius 1 is 0.968 bits per heavy atom. The molecule has 7 heteroatoms. The van der Waals surface area contributed by atoms with Crippen molar-refractivity contribution in [2.45, 2.75) is 84.0 Å². The van der Waals surface area contributed by atoms with Crippen molar-refractivity contribution < 1.29 is 14.3 Å². The molecule has 0 atom stereocenters. The molecule has 1 rings (SSSR count). The maximum absolute atomic E-state index is 11.9. The molecule has 2 N–H and O–H groups in total. The highest BCUT2D eigenvalue weighted by Gasteiger charge is 2.05. The van der Waals surface area contributed by atoms with Gasteiger partial charge in [0.15, 0.2) is 0 Å². The molecule has 0 aliphatic heterocycles. The summed E-state index contributed by atoms with van der Waals surface area (Å²) in [5, 5.41) is 6.57. The molecule has 0 aromatic heterocycles. The zero-order valence-corrected chi connectivity index (χ0v) is 20.6. The highest BCUT2D eigenvalue weighted by Crippen LogP contribution is 2.21. The summed E-state index contributed by atoms with van der Waals surface area (Å²) >= 11 is 3.39. The molecule has 31 heavy (non-hydrogen) atoms. The summed E-state index contributed by atoms with van der Waals surface area (Å²) in [7, 11) is 1.57. The van der Waals surface area contributed by atoms with Crippen LogP contribution in [0.4, 0.5) is 0 Å². The van der Waals surface area contributed by atoms with Crippen LogP contribution in [-0.2, 0) is 9.59 Å². The van der Waals surface area contributed by atoms with Gasteiger partial charge in [-0.2, -0.15) is 5.10 Å². The average molecular weight is 496 g/mol. The SMILES string of the molecule is CCCCCCCCCCCCCC(=O)NCC(=O)NN=Cc1cc(Br)ccc1OC. The van der Waals surface area contributed by atoms with Gasteiger partial charge in [0, 0.05) is 16.5 Å². The molecule has 1 aromatic rings. The number of benzene rings is 1. The Labute approximate surface area is 195 Å². The summed E-state index contributed by atoms with van der Waals surface area (Å²) in [6.45, 7) is 2.16. The molecule has 1 aromatic carbocycles. The Morgan fingerprint density at radius 2 is 1.58 bits per heavy atom. The monoisotopic (exact) mass is 495 g/mol. The predicted molar refractivity (Wildman–Crippen MR) is 131 cm³/mol. The van der Waals surface area contributed by atoms with Crippen LogP contribution in [-0.4, -0.2) is 31.7 Å². The zero-order valence-electron chi connectivity index (χ0n) is 19.1. The summed E-state index contributed by atoms with van der Waals surface area (Å²) in [5.74, 6) is 0.197. The van der Waals surface area contributed by atoms with E-state index in [1.807, 2.05) is 18.2 Å². The highest BCUT2D eigenvalue weighted by molar-refractivity contribution is 9.10. The van der Waals surface area contributed by atoms with E-state index in [0.29, 0.717) is 12.2 Å². The Balaban J connectivity index is 2.06. The first kappa shape index (κ1) is 27.1. The fourth-order valence-electron chi connectivity index (χ4n) is 3.24. The van der Waals surface area contributed by atoms with Gasteiger partial charge in [0.1, 0.15) is 5.75 Å². The number of hydrogen-bond donors (Lipinski definition) is 2. The number of methoxy groups -OCH3 is 1. The van der Waals surface area contributed by atoms with Gasteiger partial charge in [-0.15, -0.1) is 0 Å². The van der Waals surface area contributed by atoms with Crippen LogP contribution in [0.3, 0.4) is 0 Å². The van der Waals surface area contributed by atoms with Gasteiger partial charge in [-0.1, -0.05) is 87.1 Å².